The van der Waals surface area contributed by atoms with Gasteiger partial charge in [0.25, 0.3) is 0 Å². The van der Waals surface area contributed by atoms with Gasteiger partial charge in [0.2, 0.25) is 0 Å². The fourth-order valence-corrected chi connectivity index (χ4v) is 0.433. The second-order valence-corrected chi connectivity index (χ2v) is 1.27. The maximum Gasteiger partial charge on any atom is 0.159 e. The molecule has 0 spiro atoms. The summed E-state index contributed by atoms with van der Waals surface area (Å²) in [6.45, 7) is 0.593. The minimum atomic E-state index is 0.593. The van der Waals surface area contributed by atoms with Gasteiger partial charge in [-0.25, -0.2) is 0 Å². The van der Waals surface area contributed by atoms with Gasteiger partial charge in [-0.15, -0.1) is 0 Å². The monoisotopic (exact) mass is 100 g/mol. The zero-order valence-corrected chi connectivity index (χ0v) is 4.19. The van der Waals surface area contributed by atoms with Gasteiger partial charge in [0.15, 0.2) is 6.73 Å². The number of nitrogens with one attached hydrogen (secondary N) is 2. The predicted octanol–water partition coefficient (Wildman–Crippen LogP) is -0.418. The molecule has 1 rings (SSSR count). The van der Waals surface area contributed by atoms with E-state index in [0.717, 1.165) is 5.82 Å². The van der Waals surface area contributed by atoms with Crippen molar-refractivity contribution in [2.75, 3.05) is 13.8 Å². The van der Waals surface area contributed by atoms with Crippen molar-refractivity contribution in [1.29, 1.82) is 0 Å². The lowest BCUT2D eigenvalue weighted by Gasteiger charge is -1.95. The molecule has 0 aromatic carbocycles. The summed E-state index contributed by atoms with van der Waals surface area (Å²) in [6.07, 6.45) is 1.65. The third-order valence-corrected chi connectivity index (χ3v) is 0.816. The topological polar surface area (TPSA) is 33.3 Å². The van der Waals surface area contributed by atoms with Crippen LogP contribution in [0.3, 0.4) is 0 Å². The average molecular weight is 100 g/mol. The van der Waals surface area contributed by atoms with E-state index in [9.17, 15) is 0 Å². The summed E-state index contributed by atoms with van der Waals surface area (Å²) < 4.78 is 4.81. The Labute approximate surface area is 42.4 Å². The normalized spacial score (nSPS) is 17.0. The number of hydrogen-bond donors (Lipinski definition) is 2. The van der Waals surface area contributed by atoms with Gasteiger partial charge in [-0.3, -0.25) is 0 Å². The van der Waals surface area contributed by atoms with Gasteiger partial charge < -0.3 is 15.4 Å². The van der Waals surface area contributed by atoms with Gasteiger partial charge in [-0.05, 0) is 0 Å². The lowest BCUT2D eigenvalue weighted by atomic mass is 10.8. The fraction of sp³-hybridized carbons (Fsp3) is 0.500. The highest BCUT2D eigenvalue weighted by molar-refractivity contribution is 4.93. The van der Waals surface area contributed by atoms with Crippen molar-refractivity contribution in [3.63, 3.8) is 0 Å². The van der Waals surface area contributed by atoms with Crippen molar-refractivity contribution in [2.45, 2.75) is 0 Å². The molecule has 2 N–H and O–H groups in total. The van der Waals surface area contributed by atoms with E-state index in [1.54, 1.807) is 6.26 Å². The maximum absolute atomic E-state index is 4.81. The third kappa shape index (κ3) is 0.765. The summed E-state index contributed by atoms with van der Waals surface area (Å²) in [6, 6.07) is 0. The van der Waals surface area contributed by atoms with E-state index in [4.69, 9.17) is 4.74 Å². The van der Waals surface area contributed by atoms with E-state index < -0.39 is 0 Å². The number of ether oxygens (including phenoxy) is 1. The summed E-state index contributed by atoms with van der Waals surface area (Å²) in [5, 5.41) is 5.82. The molecular weight excluding hydrogens is 92.1 g/mol. The van der Waals surface area contributed by atoms with Crippen molar-refractivity contribution < 1.29 is 4.74 Å². The van der Waals surface area contributed by atoms with Crippen LogP contribution in [-0.2, 0) is 4.74 Å². The first-order chi connectivity index (χ1) is 3.43. The van der Waals surface area contributed by atoms with Crippen molar-refractivity contribution in [3.8, 4) is 0 Å². The fourth-order valence-electron chi connectivity index (χ4n) is 0.433. The number of rotatable bonds is 1. The molecule has 0 aromatic rings. The van der Waals surface area contributed by atoms with Gasteiger partial charge in [-0.1, -0.05) is 0 Å². The van der Waals surface area contributed by atoms with Crippen molar-refractivity contribution in [2.24, 2.45) is 0 Å². The van der Waals surface area contributed by atoms with Crippen molar-refractivity contribution in [1.82, 2.24) is 10.6 Å². The van der Waals surface area contributed by atoms with Crippen LogP contribution in [-0.4, -0.2) is 13.8 Å². The van der Waals surface area contributed by atoms with Crippen molar-refractivity contribution in [3.05, 3.63) is 12.1 Å². The molecule has 0 aromatic heterocycles. The first kappa shape index (κ1) is 4.30. The Morgan fingerprint density at radius 3 is 3.14 bits per heavy atom. The molecule has 1 aliphatic heterocycles. The SMILES string of the molecule is CNC1=COCN1. The smallest absolute Gasteiger partial charge is 0.159 e. The van der Waals surface area contributed by atoms with Crippen LogP contribution < -0.4 is 10.6 Å². The van der Waals surface area contributed by atoms with Crippen LogP contribution in [0.15, 0.2) is 12.1 Å². The summed E-state index contributed by atoms with van der Waals surface area (Å²) in [4.78, 5) is 0. The van der Waals surface area contributed by atoms with Gasteiger partial charge in [0.1, 0.15) is 12.1 Å². The molecular formula is C4H8N2O. The molecule has 7 heavy (non-hydrogen) atoms. The minimum absolute atomic E-state index is 0.593. The number of hydrogen-bond acceptors (Lipinski definition) is 3. The molecule has 0 bridgehead atoms. The van der Waals surface area contributed by atoms with Gasteiger partial charge in [0, 0.05) is 7.05 Å². The zero-order chi connectivity index (χ0) is 5.11. The molecule has 0 aliphatic carbocycles. The Morgan fingerprint density at radius 2 is 2.86 bits per heavy atom. The Hall–Kier alpha value is -0.860. The van der Waals surface area contributed by atoms with E-state index in [2.05, 4.69) is 10.6 Å². The van der Waals surface area contributed by atoms with E-state index in [1.165, 1.54) is 0 Å². The molecule has 0 fully saturated rings. The Balaban J connectivity index is 2.36. The molecule has 0 unspecified atom stereocenters. The molecule has 1 aliphatic rings. The second-order valence-electron chi connectivity index (χ2n) is 1.27. The minimum Gasteiger partial charge on any atom is -0.477 e. The van der Waals surface area contributed by atoms with Crippen molar-refractivity contribution >= 4 is 0 Å². The highest BCUT2D eigenvalue weighted by Crippen LogP contribution is 1.89. The lowest BCUT2D eigenvalue weighted by Crippen LogP contribution is -2.18. The van der Waals surface area contributed by atoms with Crippen LogP contribution in [0.5, 0.6) is 0 Å². The van der Waals surface area contributed by atoms with Crippen LogP contribution >= 0.6 is 0 Å². The molecule has 40 valence electrons. The Bertz CT molecular complexity index is 89.7. The highest BCUT2D eigenvalue weighted by atomic mass is 16.5. The van der Waals surface area contributed by atoms with Crippen LogP contribution in [0.4, 0.5) is 0 Å². The lowest BCUT2D eigenvalue weighted by molar-refractivity contribution is 0.267. The van der Waals surface area contributed by atoms with Gasteiger partial charge >= 0.3 is 0 Å². The molecule has 0 amide bonds. The van der Waals surface area contributed by atoms with E-state index in [-0.39, 0.29) is 0 Å². The van der Waals surface area contributed by atoms with E-state index in [1.807, 2.05) is 7.05 Å². The summed E-state index contributed by atoms with van der Waals surface area (Å²) in [5.74, 6) is 0.944. The standard InChI is InChI=1S/C4H8N2O/c1-5-4-2-7-3-6-4/h2,5-6H,3H2,1H3. The Kier molecular flexibility index (Phi) is 1.06. The summed E-state index contributed by atoms with van der Waals surface area (Å²) >= 11 is 0. The van der Waals surface area contributed by atoms with Gasteiger partial charge in [0.05, 0.1) is 0 Å². The molecule has 1 heterocycles. The summed E-state index contributed by atoms with van der Waals surface area (Å²) in [5.41, 5.74) is 0. The quantitative estimate of drug-likeness (QED) is 0.469. The maximum atomic E-state index is 4.81. The average Bonchev–Trinajstić information content (AvgIpc) is 2.14. The third-order valence-electron chi connectivity index (χ3n) is 0.816. The van der Waals surface area contributed by atoms with Crippen LogP contribution in [0.2, 0.25) is 0 Å². The van der Waals surface area contributed by atoms with Crippen LogP contribution in [0.25, 0.3) is 0 Å². The largest absolute Gasteiger partial charge is 0.477 e. The van der Waals surface area contributed by atoms with Gasteiger partial charge in [-0.2, -0.15) is 0 Å². The first-order valence-electron chi connectivity index (χ1n) is 2.17. The molecule has 3 nitrogen and oxygen atoms in total. The first-order valence-corrected chi connectivity index (χ1v) is 2.17. The Morgan fingerprint density at radius 1 is 2.00 bits per heavy atom. The van der Waals surface area contributed by atoms with E-state index >= 15 is 0 Å². The molecule has 0 saturated heterocycles. The summed E-state index contributed by atoms with van der Waals surface area (Å²) in [7, 11) is 1.84. The molecule has 3 heteroatoms. The molecule has 0 saturated carbocycles. The second kappa shape index (κ2) is 1.73. The highest BCUT2D eigenvalue weighted by Gasteiger charge is 1.96. The van der Waals surface area contributed by atoms with Crippen LogP contribution in [0, 0.1) is 0 Å². The predicted molar refractivity (Wildman–Crippen MR) is 26.2 cm³/mol. The molecule has 0 atom stereocenters. The van der Waals surface area contributed by atoms with E-state index in [0.29, 0.717) is 6.73 Å². The molecule has 0 radical (unpaired) electrons. The van der Waals surface area contributed by atoms with Crippen LogP contribution in [0.1, 0.15) is 0 Å². The zero-order valence-electron chi connectivity index (χ0n) is 4.19.